The third-order valence-corrected chi connectivity index (χ3v) is 6.29. The van der Waals surface area contributed by atoms with Gasteiger partial charge in [-0.25, -0.2) is 9.78 Å². The highest BCUT2D eigenvalue weighted by molar-refractivity contribution is 7.17. The van der Waals surface area contributed by atoms with Gasteiger partial charge in [-0.15, -0.1) is 0 Å². The summed E-state index contributed by atoms with van der Waals surface area (Å²) in [4.78, 5) is 16.6. The summed E-state index contributed by atoms with van der Waals surface area (Å²) in [5.74, 6) is 0.191. The molecule has 0 atom stereocenters. The van der Waals surface area contributed by atoms with Gasteiger partial charge in [0.15, 0.2) is 0 Å². The Bertz CT molecular complexity index is 1360. The Kier molecular flexibility index (Phi) is 6.00. The molecular weight excluding hydrogens is 457 g/mol. The van der Waals surface area contributed by atoms with E-state index in [0.717, 1.165) is 16.5 Å². The van der Waals surface area contributed by atoms with E-state index in [4.69, 9.17) is 32.4 Å². The van der Waals surface area contributed by atoms with Gasteiger partial charge in [0, 0.05) is 27.1 Å². The van der Waals surface area contributed by atoms with Crippen LogP contribution in [0.3, 0.4) is 0 Å². The van der Waals surface area contributed by atoms with Crippen LogP contribution in [-0.4, -0.2) is 18.1 Å². The molecule has 0 fully saturated rings. The van der Waals surface area contributed by atoms with Crippen molar-refractivity contribution in [3.63, 3.8) is 0 Å². The molecule has 0 saturated heterocycles. The Labute approximate surface area is 192 Å². The Morgan fingerprint density at radius 3 is 2.61 bits per heavy atom. The number of nitrogens with zero attached hydrogens (tertiary/aromatic N) is 2. The fourth-order valence-corrected chi connectivity index (χ4v) is 4.09. The molecule has 0 aliphatic heterocycles. The van der Waals surface area contributed by atoms with Gasteiger partial charge >= 0.3 is 5.97 Å². The number of aryl methyl sites for hydroxylation is 2. The van der Waals surface area contributed by atoms with Gasteiger partial charge in [-0.3, -0.25) is 5.43 Å². The molecule has 0 bridgehead atoms. The normalized spacial score (nSPS) is 11.7. The molecule has 2 aromatic carbocycles. The molecule has 158 valence electrons. The second-order valence-electron chi connectivity index (χ2n) is 6.75. The highest BCUT2D eigenvalue weighted by Crippen LogP contribution is 2.27. The molecule has 0 aliphatic carbocycles. The molecule has 4 aromatic rings. The summed E-state index contributed by atoms with van der Waals surface area (Å²) in [6.07, 6.45) is 0. The largest absolute Gasteiger partial charge is 0.465 e. The van der Waals surface area contributed by atoms with E-state index in [1.165, 1.54) is 18.4 Å². The number of methoxy groups -OCH3 is 1. The maximum Gasteiger partial charge on any atom is 0.350 e. The van der Waals surface area contributed by atoms with E-state index >= 15 is 0 Å². The summed E-state index contributed by atoms with van der Waals surface area (Å²) in [6, 6.07) is 12.8. The molecule has 0 aliphatic rings. The maximum absolute atomic E-state index is 11.8. The maximum atomic E-state index is 11.8. The van der Waals surface area contributed by atoms with Crippen LogP contribution in [0.15, 0.2) is 52.0 Å². The molecule has 31 heavy (non-hydrogen) atoms. The molecule has 0 saturated carbocycles. The number of thiazole rings is 1. The number of esters is 1. The Hall–Kier alpha value is -2.87. The minimum absolute atomic E-state index is 0.425. The smallest absolute Gasteiger partial charge is 0.350 e. The standard InChI is InChI=1S/C22H17Cl2N3O3S/c1-11-8-19-15(9-16(11)24)17(10-18(30-19)13-4-6-14(23)7-5-13)26-27-22-25-12(2)20(31-22)21(28)29-3/h4-10H,1-3H3,(H,25,27)/b26-17+. The molecule has 6 nitrogen and oxygen atoms in total. The second kappa shape index (κ2) is 8.70. The molecule has 0 amide bonds. The first-order valence-corrected chi connectivity index (χ1v) is 10.8. The molecule has 2 heterocycles. The predicted octanol–water partition coefficient (Wildman–Crippen LogP) is 6.19. The molecule has 0 radical (unpaired) electrons. The minimum Gasteiger partial charge on any atom is -0.465 e. The van der Waals surface area contributed by atoms with E-state index in [1.54, 1.807) is 19.1 Å². The summed E-state index contributed by atoms with van der Waals surface area (Å²) in [7, 11) is 1.34. The number of anilines is 1. The van der Waals surface area contributed by atoms with Crippen molar-refractivity contribution in [2.75, 3.05) is 12.5 Å². The van der Waals surface area contributed by atoms with E-state index in [-0.39, 0.29) is 0 Å². The van der Waals surface area contributed by atoms with Crippen molar-refractivity contribution in [2.45, 2.75) is 13.8 Å². The van der Waals surface area contributed by atoms with Gasteiger partial charge in [-0.2, -0.15) is 5.10 Å². The van der Waals surface area contributed by atoms with Gasteiger partial charge in [-0.05, 0) is 55.8 Å². The van der Waals surface area contributed by atoms with E-state index in [2.05, 4.69) is 15.5 Å². The van der Waals surface area contributed by atoms with Crippen molar-refractivity contribution in [2.24, 2.45) is 5.10 Å². The van der Waals surface area contributed by atoms with Crippen molar-refractivity contribution in [1.82, 2.24) is 4.98 Å². The van der Waals surface area contributed by atoms with Gasteiger partial charge < -0.3 is 9.15 Å². The fraction of sp³-hybridized carbons (Fsp3) is 0.136. The lowest BCUT2D eigenvalue weighted by atomic mass is 10.1. The number of fused-ring (bicyclic) bond motifs is 1. The van der Waals surface area contributed by atoms with Crippen LogP contribution in [-0.2, 0) is 4.74 Å². The Morgan fingerprint density at radius 2 is 1.90 bits per heavy atom. The monoisotopic (exact) mass is 473 g/mol. The zero-order chi connectivity index (χ0) is 22.1. The van der Waals surface area contributed by atoms with Crippen LogP contribution in [0, 0.1) is 13.8 Å². The van der Waals surface area contributed by atoms with Crippen LogP contribution in [0.4, 0.5) is 5.13 Å². The number of hydrogen-bond acceptors (Lipinski definition) is 7. The number of halogens is 2. The SMILES string of the molecule is COC(=O)c1sc(N/N=c2\cc(-c3ccc(Cl)cc3)oc3cc(C)c(Cl)cc23)nc1C. The van der Waals surface area contributed by atoms with Crippen molar-refractivity contribution in [1.29, 1.82) is 0 Å². The number of carbonyl (C=O) groups is 1. The van der Waals surface area contributed by atoms with E-state index < -0.39 is 5.97 Å². The zero-order valence-electron chi connectivity index (χ0n) is 16.8. The van der Waals surface area contributed by atoms with E-state index in [9.17, 15) is 4.79 Å². The molecule has 0 spiro atoms. The number of aromatic nitrogens is 1. The minimum atomic E-state index is -0.431. The van der Waals surface area contributed by atoms with Crippen molar-refractivity contribution >= 4 is 56.6 Å². The summed E-state index contributed by atoms with van der Waals surface area (Å²) < 4.78 is 10.9. The van der Waals surface area contributed by atoms with Crippen LogP contribution in [0.25, 0.3) is 22.3 Å². The Morgan fingerprint density at radius 1 is 1.16 bits per heavy atom. The summed E-state index contributed by atoms with van der Waals surface area (Å²) in [6.45, 7) is 3.65. The third-order valence-electron chi connectivity index (χ3n) is 4.59. The van der Waals surface area contributed by atoms with Crippen LogP contribution in [0.5, 0.6) is 0 Å². The average Bonchev–Trinajstić information content (AvgIpc) is 3.13. The van der Waals surface area contributed by atoms with Crippen LogP contribution in [0.1, 0.15) is 20.9 Å². The third kappa shape index (κ3) is 4.44. The molecule has 2 aromatic heterocycles. The number of ether oxygens (including phenoxy) is 1. The van der Waals surface area contributed by atoms with Crippen molar-refractivity contribution in [3.05, 3.63) is 74.0 Å². The number of hydrogen-bond donors (Lipinski definition) is 1. The summed E-state index contributed by atoms with van der Waals surface area (Å²) >= 11 is 13.5. The molecular formula is C22H17Cl2N3O3S. The predicted molar refractivity (Wildman–Crippen MR) is 124 cm³/mol. The zero-order valence-corrected chi connectivity index (χ0v) is 19.2. The van der Waals surface area contributed by atoms with Crippen LogP contribution in [0.2, 0.25) is 10.0 Å². The van der Waals surface area contributed by atoms with Gasteiger partial charge in [-0.1, -0.05) is 34.5 Å². The highest BCUT2D eigenvalue weighted by atomic mass is 35.5. The topological polar surface area (TPSA) is 76.7 Å². The second-order valence-corrected chi connectivity index (χ2v) is 8.59. The molecule has 1 N–H and O–H groups in total. The molecule has 9 heteroatoms. The van der Waals surface area contributed by atoms with Gasteiger partial charge in [0.25, 0.3) is 0 Å². The van der Waals surface area contributed by atoms with Crippen LogP contribution >= 0.6 is 34.5 Å². The summed E-state index contributed by atoms with van der Waals surface area (Å²) in [5, 5.41) is 7.59. The van der Waals surface area contributed by atoms with E-state index in [1.807, 2.05) is 37.3 Å². The lowest BCUT2D eigenvalue weighted by molar-refractivity contribution is 0.0605. The van der Waals surface area contributed by atoms with Gasteiger partial charge in [0.05, 0.1) is 18.2 Å². The van der Waals surface area contributed by atoms with Crippen molar-refractivity contribution in [3.8, 4) is 11.3 Å². The van der Waals surface area contributed by atoms with Crippen molar-refractivity contribution < 1.29 is 13.9 Å². The number of benzene rings is 2. The first-order valence-electron chi connectivity index (χ1n) is 9.21. The molecule has 4 rings (SSSR count). The number of nitrogens with one attached hydrogen (secondary N) is 1. The average molecular weight is 474 g/mol. The lowest BCUT2D eigenvalue weighted by Gasteiger charge is -2.07. The number of rotatable bonds is 4. The fourth-order valence-electron chi connectivity index (χ4n) is 2.97. The van der Waals surface area contributed by atoms with Gasteiger partial charge in [0.1, 0.15) is 16.2 Å². The van der Waals surface area contributed by atoms with E-state index in [0.29, 0.717) is 42.4 Å². The molecule has 0 unspecified atom stereocenters. The first-order chi connectivity index (χ1) is 14.9. The lowest BCUT2D eigenvalue weighted by Crippen LogP contribution is -2.07. The van der Waals surface area contributed by atoms with Gasteiger partial charge in [0.2, 0.25) is 5.13 Å². The number of carbonyl (C=O) groups excluding carboxylic acids is 1. The quantitative estimate of drug-likeness (QED) is 0.282. The van der Waals surface area contributed by atoms with Crippen LogP contribution < -0.4 is 10.8 Å². The highest BCUT2D eigenvalue weighted by Gasteiger charge is 2.15. The first kappa shape index (κ1) is 21.4. The summed E-state index contributed by atoms with van der Waals surface area (Å²) in [5.41, 5.74) is 5.89. The Balaban J connectivity index is 1.84.